The molecule has 4 rings (SSSR count). The molecule has 164 valence electrons. The number of hydrogen-bond donors (Lipinski definition) is 2. The maximum Gasteiger partial charge on any atom is 0.390 e. The Morgan fingerprint density at radius 2 is 2.00 bits per heavy atom. The number of carbonyl (C=O) groups excluding carboxylic acids is 1. The van der Waals surface area contributed by atoms with Crippen molar-refractivity contribution >= 4 is 22.2 Å². The van der Waals surface area contributed by atoms with Crippen LogP contribution in [-0.4, -0.2) is 55.8 Å². The second kappa shape index (κ2) is 7.73. The van der Waals surface area contributed by atoms with Gasteiger partial charge in [0.05, 0.1) is 18.5 Å². The first-order valence-electron chi connectivity index (χ1n) is 9.74. The van der Waals surface area contributed by atoms with Crippen LogP contribution in [0.15, 0.2) is 11.1 Å². The second-order valence-electron chi connectivity index (χ2n) is 7.64. The van der Waals surface area contributed by atoms with Crippen molar-refractivity contribution in [3.8, 4) is 0 Å². The quantitative estimate of drug-likeness (QED) is 0.737. The van der Waals surface area contributed by atoms with E-state index in [-0.39, 0.29) is 18.5 Å². The molecule has 1 atom stereocenters. The standard InChI is InChI=1S/C18H22F3N5O3S/c1-10-12(8-25-16(28)22-9-23-25)30-15-13(10)14(27)26(11-4-2-3-5-11)17(29)24(15)7-6-18(19,20)21/h9,11,17,29H,2-8H2,1H3,(H,22,23,28). The van der Waals surface area contributed by atoms with Gasteiger partial charge in [-0.15, -0.1) is 11.3 Å². The molecule has 12 heteroatoms. The van der Waals surface area contributed by atoms with Gasteiger partial charge in [-0.3, -0.25) is 14.7 Å². The lowest BCUT2D eigenvalue weighted by molar-refractivity contribution is -0.134. The number of aromatic nitrogens is 3. The van der Waals surface area contributed by atoms with E-state index in [9.17, 15) is 27.9 Å². The molecule has 1 amide bonds. The van der Waals surface area contributed by atoms with Crippen molar-refractivity contribution < 1.29 is 23.1 Å². The third-order valence-corrected chi connectivity index (χ3v) is 7.04. The van der Waals surface area contributed by atoms with E-state index in [1.807, 2.05) is 0 Å². The minimum Gasteiger partial charge on any atom is -0.356 e. The van der Waals surface area contributed by atoms with E-state index < -0.39 is 31.2 Å². The zero-order valence-corrected chi connectivity index (χ0v) is 17.1. The fourth-order valence-corrected chi connectivity index (χ4v) is 5.49. The summed E-state index contributed by atoms with van der Waals surface area (Å²) in [7, 11) is 0. The third-order valence-electron chi connectivity index (χ3n) is 5.73. The highest BCUT2D eigenvalue weighted by Gasteiger charge is 2.44. The van der Waals surface area contributed by atoms with Crippen LogP contribution in [0.3, 0.4) is 0 Å². The normalized spacial score (nSPS) is 20.3. The molecule has 2 aliphatic rings. The van der Waals surface area contributed by atoms with Gasteiger partial charge in [-0.2, -0.15) is 18.3 Å². The molecule has 1 aliphatic carbocycles. The van der Waals surface area contributed by atoms with Crippen LogP contribution >= 0.6 is 11.3 Å². The number of nitrogens with zero attached hydrogens (tertiary/aromatic N) is 4. The summed E-state index contributed by atoms with van der Waals surface area (Å²) < 4.78 is 40.0. The lowest BCUT2D eigenvalue weighted by Crippen LogP contribution is -2.58. The van der Waals surface area contributed by atoms with Gasteiger partial charge in [-0.1, -0.05) is 12.8 Å². The number of carbonyl (C=O) groups is 1. The minimum atomic E-state index is -4.39. The monoisotopic (exact) mass is 445 g/mol. The maximum absolute atomic E-state index is 13.3. The first-order valence-corrected chi connectivity index (χ1v) is 10.6. The van der Waals surface area contributed by atoms with E-state index in [1.54, 1.807) is 6.92 Å². The van der Waals surface area contributed by atoms with Gasteiger partial charge in [0.15, 0.2) is 0 Å². The summed E-state index contributed by atoms with van der Waals surface area (Å²) in [6, 6.07) is -0.203. The van der Waals surface area contributed by atoms with E-state index in [4.69, 9.17) is 0 Å². The van der Waals surface area contributed by atoms with Gasteiger partial charge in [-0.25, -0.2) is 9.48 Å². The highest BCUT2D eigenvalue weighted by molar-refractivity contribution is 7.16. The van der Waals surface area contributed by atoms with Crippen molar-refractivity contribution in [2.45, 2.75) is 64.1 Å². The summed E-state index contributed by atoms with van der Waals surface area (Å²) in [5.41, 5.74) is 0.480. The highest BCUT2D eigenvalue weighted by atomic mass is 32.1. The number of thiophene rings is 1. The number of H-pyrrole nitrogens is 1. The van der Waals surface area contributed by atoms with E-state index in [0.29, 0.717) is 33.8 Å². The van der Waals surface area contributed by atoms with Crippen molar-refractivity contribution in [2.75, 3.05) is 11.4 Å². The van der Waals surface area contributed by atoms with Crippen molar-refractivity contribution in [2.24, 2.45) is 0 Å². The fraction of sp³-hybridized carbons (Fsp3) is 0.611. The predicted molar refractivity (Wildman–Crippen MR) is 103 cm³/mol. The Labute approximate surface area is 173 Å². The van der Waals surface area contributed by atoms with Crippen molar-refractivity contribution in [3.63, 3.8) is 0 Å². The Morgan fingerprint density at radius 1 is 1.30 bits per heavy atom. The number of nitrogens with one attached hydrogen (secondary N) is 1. The van der Waals surface area contributed by atoms with Gasteiger partial charge in [0, 0.05) is 17.5 Å². The molecule has 2 aromatic heterocycles. The maximum atomic E-state index is 13.3. The van der Waals surface area contributed by atoms with Gasteiger partial charge in [-0.05, 0) is 25.3 Å². The Morgan fingerprint density at radius 3 is 2.60 bits per heavy atom. The molecule has 1 unspecified atom stereocenters. The van der Waals surface area contributed by atoms with Crippen LogP contribution < -0.4 is 10.6 Å². The lowest BCUT2D eigenvalue weighted by Gasteiger charge is -2.44. The number of aliphatic hydroxyl groups is 1. The first kappa shape index (κ1) is 20.9. The molecule has 2 N–H and O–H groups in total. The average molecular weight is 445 g/mol. The van der Waals surface area contributed by atoms with Gasteiger partial charge in [0.2, 0.25) is 6.35 Å². The number of anilines is 1. The number of aromatic amines is 1. The number of amides is 1. The molecule has 8 nitrogen and oxygen atoms in total. The Bertz CT molecular complexity index is 992. The summed E-state index contributed by atoms with van der Waals surface area (Å²) in [6.45, 7) is 1.34. The van der Waals surface area contributed by atoms with Crippen LogP contribution in [0.2, 0.25) is 0 Å². The number of alkyl halides is 3. The summed E-state index contributed by atoms with van der Waals surface area (Å²) in [6.07, 6.45) is -2.46. The molecule has 1 aliphatic heterocycles. The largest absolute Gasteiger partial charge is 0.390 e. The molecule has 2 aromatic rings. The van der Waals surface area contributed by atoms with Crippen molar-refractivity contribution in [1.82, 2.24) is 19.7 Å². The third kappa shape index (κ3) is 3.73. The van der Waals surface area contributed by atoms with Crippen molar-refractivity contribution in [1.29, 1.82) is 0 Å². The average Bonchev–Trinajstić information content (AvgIpc) is 3.38. The molecular weight excluding hydrogens is 423 g/mol. The molecule has 3 heterocycles. The second-order valence-corrected chi connectivity index (χ2v) is 8.72. The zero-order valence-electron chi connectivity index (χ0n) is 16.3. The number of fused-ring (bicyclic) bond motifs is 1. The molecule has 0 spiro atoms. The molecule has 30 heavy (non-hydrogen) atoms. The van der Waals surface area contributed by atoms with E-state index in [0.717, 1.165) is 24.2 Å². The van der Waals surface area contributed by atoms with E-state index in [1.165, 1.54) is 20.8 Å². The fourth-order valence-electron chi connectivity index (χ4n) is 4.17. The van der Waals surface area contributed by atoms with Crippen molar-refractivity contribution in [3.05, 3.63) is 32.8 Å². The van der Waals surface area contributed by atoms with Crippen LogP contribution in [0.4, 0.5) is 18.2 Å². The summed E-state index contributed by atoms with van der Waals surface area (Å²) >= 11 is 1.12. The minimum absolute atomic E-state index is 0.0890. The Balaban J connectivity index is 1.74. The summed E-state index contributed by atoms with van der Waals surface area (Å²) in [4.78, 5) is 30.7. The molecule has 1 fully saturated rings. The van der Waals surface area contributed by atoms with Crippen LogP contribution in [0.5, 0.6) is 0 Å². The topological polar surface area (TPSA) is 94.5 Å². The zero-order chi connectivity index (χ0) is 21.6. The van der Waals surface area contributed by atoms with Crippen LogP contribution in [0.25, 0.3) is 0 Å². The Hall–Kier alpha value is -2.34. The molecule has 0 aromatic carbocycles. The predicted octanol–water partition coefficient (Wildman–Crippen LogP) is 2.42. The molecule has 0 bridgehead atoms. The smallest absolute Gasteiger partial charge is 0.356 e. The number of rotatable bonds is 5. The molecule has 0 saturated heterocycles. The Kier molecular flexibility index (Phi) is 5.39. The van der Waals surface area contributed by atoms with Crippen LogP contribution in [0, 0.1) is 6.92 Å². The van der Waals surface area contributed by atoms with E-state index in [2.05, 4.69) is 10.1 Å². The molecule has 0 radical (unpaired) electrons. The number of hydrogen-bond acceptors (Lipinski definition) is 6. The van der Waals surface area contributed by atoms with Gasteiger partial charge in [0.25, 0.3) is 5.91 Å². The molecular formula is C18H22F3N5O3S. The first-order chi connectivity index (χ1) is 14.2. The summed E-state index contributed by atoms with van der Waals surface area (Å²) in [5.74, 6) is -0.373. The van der Waals surface area contributed by atoms with E-state index >= 15 is 0 Å². The van der Waals surface area contributed by atoms with Gasteiger partial charge < -0.3 is 10.0 Å². The highest BCUT2D eigenvalue weighted by Crippen LogP contribution is 2.43. The van der Waals surface area contributed by atoms with Crippen LogP contribution in [0.1, 0.15) is 52.9 Å². The lowest BCUT2D eigenvalue weighted by atomic mass is 10.1. The number of aliphatic hydroxyl groups excluding tert-OH is 1. The van der Waals surface area contributed by atoms with Gasteiger partial charge >= 0.3 is 11.9 Å². The number of halogens is 3. The molecule has 1 saturated carbocycles. The van der Waals surface area contributed by atoms with Crippen LogP contribution in [-0.2, 0) is 6.54 Å². The SMILES string of the molecule is Cc1c(Cn2nc[nH]c2=O)sc2c1C(=O)N(C1CCCC1)C(O)N2CCC(F)(F)F. The summed E-state index contributed by atoms with van der Waals surface area (Å²) in [5, 5.41) is 15.1. The van der Waals surface area contributed by atoms with Gasteiger partial charge in [0.1, 0.15) is 11.3 Å².